The molecule has 0 atom stereocenters. The molecule has 0 spiro atoms. The molecule has 5 aromatic rings. The Morgan fingerprint density at radius 2 is 1.38 bits per heavy atom. The molecule has 1 aromatic heterocycles. The first kappa shape index (κ1) is 47.6. The van der Waals surface area contributed by atoms with E-state index >= 15 is 0 Å². The van der Waals surface area contributed by atoms with Gasteiger partial charge in [0, 0.05) is 35.6 Å². The maximum atomic E-state index is 13.6. The van der Waals surface area contributed by atoms with E-state index in [1.165, 1.54) is 49.4 Å². The summed E-state index contributed by atoms with van der Waals surface area (Å²) in [5, 5.41) is 15.2. The van der Waals surface area contributed by atoms with Gasteiger partial charge in [-0.1, -0.05) is 31.2 Å². The molecule has 8 N–H and O–H groups in total. The number of nitrogens with zero attached hydrogens (tertiary/aromatic N) is 4. The molecule has 1 aliphatic carbocycles. The van der Waals surface area contributed by atoms with Gasteiger partial charge in [-0.2, -0.15) is 45.3 Å². The molecule has 0 radical (unpaired) electrons. The molecule has 65 heavy (non-hydrogen) atoms. The normalized spacial score (nSPS) is 13.7. The molecule has 1 heterocycles. The first-order chi connectivity index (χ1) is 30.4. The first-order valence-corrected chi connectivity index (χ1v) is 24.7. The second-order valence-electron chi connectivity index (χ2n) is 13.7. The number of para-hydroxylation sites is 1. The maximum Gasteiger partial charge on any atom is 0.296 e. The molecule has 342 valence electrons. The van der Waals surface area contributed by atoms with Gasteiger partial charge >= 0.3 is 0 Å². The van der Waals surface area contributed by atoms with Crippen molar-refractivity contribution in [2.45, 2.75) is 30.1 Å². The van der Waals surface area contributed by atoms with E-state index in [9.17, 15) is 52.4 Å². The molecular formula is C38H37N9O14S4. The summed E-state index contributed by atoms with van der Waals surface area (Å²) in [5.41, 5.74) is 2.39. The number of benzene rings is 4. The third-order valence-electron chi connectivity index (χ3n) is 9.08. The number of hydrogen-bond acceptors (Lipinski definition) is 19. The van der Waals surface area contributed by atoms with Crippen molar-refractivity contribution in [2.24, 2.45) is 5.10 Å². The SMILES string of the molecule is CCc1ccccc1Nc1nc(Nc2cccc(S(=O)(=O)CCS(=O)(=O)O)c2)nc(Nc2cc(N/N=C3/C(=O)c4ccc(NC(C)=O)cc4C=C3S(=O)(=O)O)c(S(=O)(=O)O)cc2OC)n1. The van der Waals surface area contributed by atoms with Crippen LogP contribution in [0.4, 0.5) is 46.3 Å². The van der Waals surface area contributed by atoms with Crippen LogP contribution in [0.15, 0.2) is 98.7 Å². The molecule has 23 nitrogen and oxygen atoms in total. The number of rotatable bonds is 17. The summed E-state index contributed by atoms with van der Waals surface area (Å²) in [6.07, 6.45) is 1.51. The van der Waals surface area contributed by atoms with Gasteiger partial charge in [0.15, 0.2) is 15.5 Å². The Bertz CT molecular complexity index is 3270. The Labute approximate surface area is 371 Å². The molecule has 0 fully saturated rings. The smallest absolute Gasteiger partial charge is 0.296 e. The number of aromatic nitrogens is 3. The topological polar surface area (TPSA) is 352 Å². The minimum atomic E-state index is -5.18. The van der Waals surface area contributed by atoms with Crippen LogP contribution in [-0.4, -0.2) is 98.3 Å². The van der Waals surface area contributed by atoms with Gasteiger partial charge in [0.2, 0.25) is 29.5 Å². The number of ether oxygens (including phenoxy) is 1. The lowest BCUT2D eigenvalue weighted by atomic mass is 9.94. The highest BCUT2D eigenvalue weighted by Gasteiger charge is 2.33. The summed E-state index contributed by atoms with van der Waals surface area (Å²) in [4.78, 5) is 36.3. The van der Waals surface area contributed by atoms with Crippen molar-refractivity contribution in [3.05, 3.63) is 100 Å². The second kappa shape index (κ2) is 18.7. The second-order valence-corrected chi connectivity index (χ2v) is 20.2. The number of methoxy groups -OCH3 is 1. The molecule has 6 rings (SSSR count). The fourth-order valence-corrected chi connectivity index (χ4v) is 9.98. The summed E-state index contributed by atoms with van der Waals surface area (Å²) < 4.78 is 134. The van der Waals surface area contributed by atoms with Gasteiger partial charge < -0.3 is 26.0 Å². The molecular weight excluding hydrogens is 935 g/mol. The number of anilines is 8. The number of hydrazone groups is 1. The van der Waals surface area contributed by atoms with Crippen molar-refractivity contribution < 1.29 is 61.7 Å². The molecule has 27 heteroatoms. The van der Waals surface area contributed by atoms with Crippen LogP contribution in [0.25, 0.3) is 6.08 Å². The largest absolute Gasteiger partial charge is 0.495 e. The number of Topliss-reactive ketones (excluding diaryl/α,β-unsaturated/α-hetero) is 1. The van der Waals surface area contributed by atoms with Crippen LogP contribution in [-0.2, 0) is 51.4 Å². The van der Waals surface area contributed by atoms with Crippen LogP contribution in [0.3, 0.4) is 0 Å². The van der Waals surface area contributed by atoms with Crippen LogP contribution in [0.1, 0.15) is 35.3 Å². The molecule has 0 aliphatic heterocycles. The predicted molar refractivity (Wildman–Crippen MR) is 239 cm³/mol. The Morgan fingerprint density at radius 1 is 0.723 bits per heavy atom. The van der Waals surface area contributed by atoms with E-state index in [0.29, 0.717) is 12.1 Å². The zero-order chi connectivity index (χ0) is 47.5. The van der Waals surface area contributed by atoms with E-state index < -0.39 is 84.6 Å². The third-order valence-corrected chi connectivity index (χ3v) is 13.5. The number of sulfone groups is 1. The molecule has 0 saturated carbocycles. The average molecular weight is 972 g/mol. The summed E-state index contributed by atoms with van der Waals surface area (Å²) in [6, 6.07) is 18.2. The molecule has 4 aromatic carbocycles. The van der Waals surface area contributed by atoms with E-state index in [2.05, 4.69) is 46.7 Å². The predicted octanol–water partition coefficient (Wildman–Crippen LogP) is 4.43. The van der Waals surface area contributed by atoms with Crippen LogP contribution < -0.4 is 31.4 Å². The Kier molecular flexibility index (Phi) is 13.7. The van der Waals surface area contributed by atoms with Gasteiger partial charge in [-0.15, -0.1) is 0 Å². The summed E-state index contributed by atoms with van der Waals surface area (Å²) in [7, 11) is -17.9. The Balaban J connectivity index is 1.42. The van der Waals surface area contributed by atoms with Crippen LogP contribution in [0, 0.1) is 0 Å². The van der Waals surface area contributed by atoms with Gasteiger partial charge in [-0.3, -0.25) is 28.7 Å². The number of nitrogens with one attached hydrogen (secondary N) is 5. The third kappa shape index (κ3) is 11.8. The summed E-state index contributed by atoms with van der Waals surface area (Å²) in [6.45, 7) is 3.14. The van der Waals surface area contributed by atoms with Gasteiger partial charge in [-0.05, 0) is 72.2 Å². The number of carbonyl (C=O) groups excluding carboxylic acids is 2. The zero-order valence-corrected chi connectivity index (χ0v) is 37.2. The van der Waals surface area contributed by atoms with E-state index in [0.717, 1.165) is 30.9 Å². The maximum absolute atomic E-state index is 13.6. The van der Waals surface area contributed by atoms with E-state index in [4.69, 9.17) is 9.29 Å². The Morgan fingerprint density at radius 3 is 2.00 bits per heavy atom. The number of hydrogen-bond donors (Lipinski definition) is 8. The van der Waals surface area contributed by atoms with Crippen molar-refractivity contribution in [3.63, 3.8) is 0 Å². The summed E-state index contributed by atoms with van der Waals surface area (Å²) >= 11 is 0. The van der Waals surface area contributed by atoms with Crippen molar-refractivity contribution in [1.82, 2.24) is 15.0 Å². The van der Waals surface area contributed by atoms with Gasteiger partial charge in [0.1, 0.15) is 15.6 Å². The van der Waals surface area contributed by atoms with Gasteiger partial charge in [0.25, 0.3) is 30.4 Å². The van der Waals surface area contributed by atoms with Crippen molar-refractivity contribution in [1.29, 1.82) is 0 Å². The fourth-order valence-electron chi connectivity index (χ4n) is 6.13. The highest BCUT2D eigenvalue weighted by atomic mass is 32.2. The molecule has 0 bridgehead atoms. The van der Waals surface area contributed by atoms with Gasteiger partial charge in [0.05, 0.1) is 34.9 Å². The van der Waals surface area contributed by atoms with Gasteiger partial charge in [-0.25, -0.2) is 8.42 Å². The first-order valence-electron chi connectivity index (χ1n) is 18.6. The van der Waals surface area contributed by atoms with Crippen LogP contribution in [0.5, 0.6) is 5.75 Å². The molecule has 0 unspecified atom stereocenters. The lowest BCUT2D eigenvalue weighted by molar-refractivity contribution is -0.114. The van der Waals surface area contributed by atoms with Crippen molar-refractivity contribution in [2.75, 3.05) is 45.3 Å². The van der Waals surface area contributed by atoms with E-state index in [-0.39, 0.29) is 56.7 Å². The monoisotopic (exact) mass is 971 g/mol. The quantitative estimate of drug-likeness (QED) is 0.0472. The van der Waals surface area contributed by atoms with Crippen molar-refractivity contribution in [3.8, 4) is 5.75 Å². The molecule has 0 saturated heterocycles. The minimum absolute atomic E-state index is 0.00551. The van der Waals surface area contributed by atoms with Crippen LogP contribution in [0.2, 0.25) is 0 Å². The van der Waals surface area contributed by atoms with Crippen LogP contribution >= 0.6 is 0 Å². The average Bonchev–Trinajstić information content (AvgIpc) is 3.21. The minimum Gasteiger partial charge on any atom is -0.495 e. The lowest BCUT2D eigenvalue weighted by Crippen LogP contribution is -2.27. The standard InChI is InChI=1S/C38H37N9O14S4/c1-4-22-8-5-6-11-28(22)41-37-43-36(40-24-9-7-10-26(18-24)62(50,51)14-15-63(52,53)54)44-38(45-37)42-29-19-30(32(64(55,56)57)20-31(29)61-3)46-47-34-33(65(58,59)60)17-23-16-25(39-21(2)48)12-13-27(23)35(34)49/h5-13,16-20,46H,4,14-15H2,1-3H3,(H,39,48)(H,52,53,54)(H,55,56,57)(H,58,59,60)(H3,40,41,42,43,44,45)/b47-34+. The van der Waals surface area contributed by atoms with E-state index in [1.807, 2.05) is 19.1 Å². The number of fused-ring (bicyclic) bond motifs is 1. The highest BCUT2D eigenvalue weighted by molar-refractivity contribution is 7.93. The number of carbonyl (C=O) groups is 2. The fraction of sp³-hybridized carbons (Fsp3) is 0.158. The molecule has 1 aliphatic rings. The zero-order valence-electron chi connectivity index (χ0n) is 34.0. The Hall–Kier alpha value is -6.88. The number of amides is 1. The number of aryl methyl sites for hydroxylation is 1. The van der Waals surface area contributed by atoms with E-state index in [1.54, 1.807) is 12.1 Å². The molecule has 1 amide bonds. The lowest BCUT2D eigenvalue weighted by Gasteiger charge is -2.18. The highest BCUT2D eigenvalue weighted by Crippen LogP contribution is 2.37. The summed E-state index contributed by atoms with van der Waals surface area (Å²) in [5.74, 6) is -4.23. The number of allylic oxidation sites excluding steroid dienone is 1. The number of ketones is 1. The van der Waals surface area contributed by atoms with Crippen molar-refractivity contribution >= 4 is 110 Å².